The van der Waals surface area contributed by atoms with Crippen molar-refractivity contribution >= 4 is 34.6 Å². The number of halogens is 1. The lowest BCUT2D eigenvalue weighted by molar-refractivity contribution is 0.523. The third-order valence-corrected chi connectivity index (χ3v) is 3.28. The maximum absolute atomic E-state index is 8.54. The fraction of sp³-hybridized carbons (Fsp3) is 0.385. The van der Waals surface area contributed by atoms with Gasteiger partial charge in [-0.05, 0) is 43.3 Å². The predicted molar refractivity (Wildman–Crippen MR) is 80.0 cm³/mol. The molecule has 5 heteroatoms. The van der Waals surface area contributed by atoms with E-state index in [1.165, 1.54) is 0 Å². The number of nitrogens with one attached hydrogen (secondary N) is 1. The third-order valence-electron chi connectivity index (χ3n) is 2.57. The summed E-state index contributed by atoms with van der Waals surface area (Å²) in [5.41, 5.74) is 3.00. The monoisotopic (exact) mass is 281 g/mol. The Balaban J connectivity index is 2.79. The molecule has 1 aromatic carbocycles. The molecular formula is C13H16ClN3S. The first-order valence-corrected chi connectivity index (χ1v) is 6.40. The van der Waals surface area contributed by atoms with Crippen LogP contribution < -0.4 is 5.32 Å². The molecule has 18 heavy (non-hydrogen) atoms. The van der Waals surface area contributed by atoms with E-state index in [4.69, 9.17) is 29.1 Å². The zero-order valence-electron chi connectivity index (χ0n) is 10.7. The Bertz CT molecular complexity index is 470. The number of hydrogen-bond donors (Lipinski definition) is 1. The molecule has 0 bridgehead atoms. The topological polar surface area (TPSA) is 39.1 Å². The molecule has 0 aliphatic heterocycles. The van der Waals surface area contributed by atoms with E-state index in [2.05, 4.69) is 11.4 Å². The lowest BCUT2D eigenvalue weighted by Crippen LogP contribution is -2.32. The van der Waals surface area contributed by atoms with E-state index in [-0.39, 0.29) is 0 Å². The summed E-state index contributed by atoms with van der Waals surface area (Å²) in [5, 5.41) is 12.9. The highest BCUT2D eigenvalue weighted by atomic mass is 35.5. The Morgan fingerprint density at radius 2 is 2.17 bits per heavy atom. The average Bonchev–Trinajstić information content (AvgIpc) is 2.30. The zero-order chi connectivity index (χ0) is 13.7. The number of anilines is 1. The van der Waals surface area contributed by atoms with E-state index in [1.54, 1.807) is 0 Å². The van der Waals surface area contributed by atoms with Gasteiger partial charge in [0.25, 0.3) is 0 Å². The van der Waals surface area contributed by atoms with Gasteiger partial charge in [0, 0.05) is 13.6 Å². The molecule has 1 aromatic rings. The van der Waals surface area contributed by atoms with Gasteiger partial charge in [0.1, 0.15) is 0 Å². The van der Waals surface area contributed by atoms with E-state index in [1.807, 2.05) is 37.9 Å². The molecule has 0 unspecified atom stereocenters. The van der Waals surface area contributed by atoms with Crippen molar-refractivity contribution in [1.29, 1.82) is 5.26 Å². The summed E-state index contributed by atoms with van der Waals surface area (Å²) in [7, 11) is 1.85. The zero-order valence-corrected chi connectivity index (χ0v) is 12.3. The van der Waals surface area contributed by atoms with Crippen LogP contribution >= 0.6 is 23.8 Å². The number of benzene rings is 1. The second-order valence-electron chi connectivity index (χ2n) is 4.20. The van der Waals surface area contributed by atoms with Crippen LogP contribution in [0.3, 0.4) is 0 Å². The van der Waals surface area contributed by atoms with Gasteiger partial charge in [-0.25, -0.2) is 0 Å². The minimum absolute atomic E-state index is 0.443. The van der Waals surface area contributed by atoms with Crippen molar-refractivity contribution in [2.45, 2.75) is 20.3 Å². The fourth-order valence-electron chi connectivity index (χ4n) is 1.60. The molecule has 0 aliphatic rings. The maximum atomic E-state index is 8.54. The Labute approximate surface area is 118 Å². The SMILES string of the molecule is Cc1cc(C)c(NC(=S)N(C)CCC#N)c(Cl)c1. The minimum Gasteiger partial charge on any atom is -0.351 e. The Kier molecular flexibility index (Phi) is 5.39. The summed E-state index contributed by atoms with van der Waals surface area (Å²) in [5.74, 6) is 0. The van der Waals surface area contributed by atoms with Crippen LogP contribution in [0.2, 0.25) is 5.02 Å². The third kappa shape index (κ3) is 3.86. The van der Waals surface area contributed by atoms with Crippen molar-refractivity contribution in [2.24, 2.45) is 0 Å². The summed E-state index contributed by atoms with van der Waals surface area (Å²) in [6, 6.07) is 6.04. The molecule has 1 rings (SSSR count). The van der Waals surface area contributed by atoms with Crippen LogP contribution in [0.15, 0.2) is 12.1 Å². The lowest BCUT2D eigenvalue weighted by Gasteiger charge is -2.21. The molecule has 0 saturated heterocycles. The maximum Gasteiger partial charge on any atom is 0.173 e. The molecule has 0 saturated carbocycles. The van der Waals surface area contributed by atoms with Crippen LogP contribution in [0.5, 0.6) is 0 Å². The molecule has 0 aromatic heterocycles. The molecule has 0 fully saturated rings. The van der Waals surface area contributed by atoms with E-state index >= 15 is 0 Å². The quantitative estimate of drug-likeness (QED) is 0.861. The van der Waals surface area contributed by atoms with Gasteiger partial charge in [-0.2, -0.15) is 5.26 Å². The lowest BCUT2D eigenvalue weighted by atomic mass is 10.1. The van der Waals surface area contributed by atoms with Crippen molar-refractivity contribution in [2.75, 3.05) is 18.9 Å². The van der Waals surface area contributed by atoms with Crippen molar-refractivity contribution in [3.8, 4) is 6.07 Å². The van der Waals surface area contributed by atoms with Gasteiger partial charge in [-0.1, -0.05) is 17.7 Å². The van der Waals surface area contributed by atoms with Gasteiger partial charge < -0.3 is 10.2 Å². The highest BCUT2D eigenvalue weighted by Crippen LogP contribution is 2.27. The average molecular weight is 282 g/mol. The number of rotatable bonds is 3. The molecular weight excluding hydrogens is 266 g/mol. The molecule has 3 nitrogen and oxygen atoms in total. The van der Waals surface area contributed by atoms with E-state index in [9.17, 15) is 0 Å². The first-order valence-electron chi connectivity index (χ1n) is 5.61. The van der Waals surface area contributed by atoms with Crippen LogP contribution in [0.4, 0.5) is 5.69 Å². The normalized spacial score (nSPS) is 9.72. The van der Waals surface area contributed by atoms with Crippen molar-refractivity contribution in [1.82, 2.24) is 4.90 Å². The Morgan fingerprint density at radius 3 is 2.72 bits per heavy atom. The second kappa shape index (κ2) is 6.58. The molecule has 0 atom stereocenters. The molecule has 0 amide bonds. The Morgan fingerprint density at radius 1 is 1.50 bits per heavy atom. The van der Waals surface area contributed by atoms with Crippen LogP contribution in [-0.2, 0) is 0 Å². The number of nitriles is 1. The molecule has 0 radical (unpaired) electrons. The predicted octanol–water partition coefficient (Wildman–Crippen LogP) is 3.50. The minimum atomic E-state index is 0.443. The smallest absolute Gasteiger partial charge is 0.173 e. The highest BCUT2D eigenvalue weighted by molar-refractivity contribution is 7.80. The molecule has 0 heterocycles. The molecule has 0 spiro atoms. The van der Waals surface area contributed by atoms with Gasteiger partial charge in [0.05, 0.1) is 23.2 Å². The second-order valence-corrected chi connectivity index (χ2v) is 4.99. The largest absolute Gasteiger partial charge is 0.351 e. The van der Waals surface area contributed by atoms with Crippen LogP contribution in [0.25, 0.3) is 0 Å². The van der Waals surface area contributed by atoms with Crippen LogP contribution in [-0.4, -0.2) is 23.6 Å². The summed E-state index contributed by atoms with van der Waals surface area (Å²) >= 11 is 11.5. The highest BCUT2D eigenvalue weighted by Gasteiger charge is 2.09. The first-order chi connectivity index (χ1) is 8.45. The van der Waals surface area contributed by atoms with Gasteiger partial charge in [0.15, 0.2) is 5.11 Å². The van der Waals surface area contributed by atoms with Gasteiger partial charge in [-0.15, -0.1) is 0 Å². The van der Waals surface area contributed by atoms with Gasteiger partial charge in [-0.3, -0.25) is 0 Å². The summed E-state index contributed by atoms with van der Waals surface area (Å²) in [6.07, 6.45) is 0.443. The number of nitrogens with zero attached hydrogens (tertiary/aromatic N) is 2. The molecule has 1 N–H and O–H groups in total. The van der Waals surface area contributed by atoms with E-state index in [0.29, 0.717) is 23.1 Å². The summed E-state index contributed by atoms with van der Waals surface area (Å²) < 4.78 is 0. The molecule has 0 aliphatic carbocycles. The van der Waals surface area contributed by atoms with Crippen molar-refractivity contribution in [3.63, 3.8) is 0 Å². The summed E-state index contributed by atoms with van der Waals surface area (Å²) in [6.45, 7) is 4.59. The van der Waals surface area contributed by atoms with E-state index < -0.39 is 0 Å². The fourth-order valence-corrected chi connectivity index (χ4v) is 2.16. The van der Waals surface area contributed by atoms with E-state index in [0.717, 1.165) is 16.8 Å². The summed E-state index contributed by atoms with van der Waals surface area (Å²) in [4.78, 5) is 1.83. The Hall–Kier alpha value is -1.31. The van der Waals surface area contributed by atoms with Crippen molar-refractivity contribution in [3.05, 3.63) is 28.3 Å². The number of hydrogen-bond acceptors (Lipinski definition) is 2. The first kappa shape index (κ1) is 14.7. The van der Waals surface area contributed by atoms with Gasteiger partial charge in [0.2, 0.25) is 0 Å². The van der Waals surface area contributed by atoms with Gasteiger partial charge >= 0.3 is 0 Å². The molecule has 96 valence electrons. The number of thiocarbonyl (C=S) groups is 1. The van der Waals surface area contributed by atoms with Crippen molar-refractivity contribution < 1.29 is 0 Å². The van der Waals surface area contributed by atoms with Crippen LogP contribution in [0, 0.1) is 25.2 Å². The number of aryl methyl sites for hydroxylation is 2. The standard InChI is InChI=1S/C13H16ClN3S/c1-9-7-10(2)12(11(14)8-9)16-13(18)17(3)6-4-5-15/h7-8H,4,6H2,1-3H3,(H,16,18). The van der Waals surface area contributed by atoms with Crippen LogP contribution in [0.1, 0.15) is 17.5 Å².